The molecule has 0 N–H and O–H groups in total. The monoisotopic (exact) mass is 450 g/mol. The van der Waals surface area contributed by atoms with Crippen LogP contribution < -0.4 is 14.2 Å². The van der Waals surface area contributed by atoms with E-state index in [1.54, 1.807) is 29.2 Å². The molecule has 0 saturated heterocycles. The number of esters is 1. The molecular weight excluding hydrogens is 428 g/mol. The number of carbonyl (C=O) groups is 1. The van der Waals surface area contributed by atoms with Crippen molar-refractivity contribution in [2.45, 2.75) is 13.0 Å². The minimum Gasteiger partial charge on any atom is -0.493 e. The van der Waals surface area contributed by atoms with Gasteiger partial charge < -0.3 is 23.4 Å². The molecule has 10 nitrogen and oxygen atoms in total. The van der Waals surface area contributed by atoms with E-state index in [0.717, 1.165) is 11.3 Å². The standard InChI is InChI=1S/C23H22N4O6/c1-29-18-10-16(11-19(30-2)22(18)31-3)23-26-25-20(33-23)14-32-21(28)9-15-12-24-27(13-15)17-7-5-4-6-8-17/h4-8,10-13H,9,14H2,1-3H3. The van der Waals surface area contributed by atoms with Crippen LogP contribution in [-0.2, 0) is 22.6 Å². The largest absolute Gasteiger partial charge is 0.493 e. The minimum atomic E-state index is -0.435. The number of benzene rings is 2. The second-order valence-corrected chi connectivity index (χ2v) is 6.88. The fourth-order valence-electron chi connectivity index (χ4n) is 3.17. The molecule has 2 aromatic carbocycles. The Balaban J connectivity index is 1.38. The summed E-state index contributed by atoms with van der Waals surface area (Å²) in [7, 11) is 4.55. The lowest BCUT2D eigenvalue weighted by Crippen LogP contribution is -2.07. The predicted octanol–water partition coefficient (Wildman–Crippen LogP) is 3.23. The molecule has 0 spiro atoms. The number of methoxy groups -OCH3 is 3. The second kappa shape index (κ2) is 9.86. The highest BCUT2D eigenvalue weighted by Crippen LogP contribution is 2.40. The van der Waals surface area contributed by atoms with Crippen LogP contribution in [0.1, 0.15) is 11.5 Å². The van der Waals surface area contributed by atoms with Crippen molar-refractivity contribution in [2.24, 2.45) is 0 Å². The molecule has 0 bridgehead atoms. The molecule has 0 fully saturated rings. The molecule has 0 atom stereocenters. The summed E-state index contributed by atoms with van der Waals surface area (Å²) in [5.74, 6) is 1.31. The Morgan fingerprint density at radius 2 is 1.73 bits per heavy atom. The molecule has 170 valence electrons. The molecule has 0 aliphatic rings. The van der Waals surface area contributed by atoms with E-state index in [2.05, 4.69) is 15.3 Å². The molecule has 33 heavy (non-hydrogen) atoms. The quantitative estimate of drug-likeness (QED) is 0.355. The van der Waals surface area contributed by atoms with E-state index in [9.17, 15) is 4.79 Å². The third kappa shape index (κ3) is 4.95. The fourth-order valence-corrected chi connectivity index (χ4v) is 3.17. The number of carbonyl (C=O) groups excluding carboxylic acids is 1. The van der Waals surface area contributed by atoms with Gasteiger partial charge in [0.15, 0.2) is 18.1 Å². The maximum absolute atomic E-state index is 12.2. The number of nitrogens with zero attached hydrogens (tertiary/aromatic N) is 4. The van der Waals surface area contributed by atoms with Crippen LogP contribution in [0.25, 0.3) is 17.1 Å². The lowest BCUT2D eigenvalue weighted by molar-refractivity contribution is -0.144. The fraction of sp³-hybridized carbons (Fsp3) is 0.217. The molecule has 0 unspecified atom stereocenters. The van der Waals surface area contributed by atoms with E-state index in [0.29, 0.717) is 22.8 Å². The van der Waals surface area contributed by atoms with E-state index < -0.39 is 5.97 Å². The van der Waals surface area contributed by atoms with Gasteiger partial charge in [0.25, 0.3) is 5.89 Å². The Bertz CT molecular complexity index is 1210. The van der Waals surface area contributed by atoms with Crippen LogP contribution in [0.2, 0.25) is 0 Å². The number of hydrogen-bond donors (Lipinski definition) is 0. The van der Waals surface area contributed by atoms with Gasteiger partial charge in [-0.25, -0.2) is 4.68 Å². The molecule has 4 aromatic rings. The van der Waals surface area contributed by atoms with Gasteiger partial charge in [0.2, 0.25) is 11.6 Å². The second-order valence-electron chi connectivity index (χ2n) is 6.88. The van der Waals surface area contributed by atoms with Crippen molar-refractivity contribution >= 4 is 5.97 Å². The molecule has 0 radical (unpaired) electrons. The maximum atomic E-state index is 12.2. The van der Waals surface area contributed by atoms with Crippen molar-refractivity contribution in [3.8, 4) is 34.4 Å². The Morgan fingerprint density at radius 3 is 2.39 bits per heavy atom. The highest BCUT2D eigenvalue weighted by Gasteiger charge is 2.18. The van der Waals surface area contributed by atoms with Crippen molar-refractivity contribution < 1.29 is 28.2 Å². The summed E-state index contributed by atoms with van der Waals surface area (Å²) in [4.78, 5) is 12.2. The topological polar surface area (TPSA) is 111 Å². The predicted molar refractivity (Wildman–Crippen MR) is 116 cm³/mol. The van der Waals surface area contributed by atoms with Gasteiger partial charge in [0, 0.05) is 17.3 Å². The van der Waals surface area contributed by atoms with E-state index in [1.165, 1.54) is 21.3 Å². The molecule has 0 saturated carbocycles. The molecular formula is C23H22N4O6. The third-order valence-electron chi connectivity index (χ3n) is 4.74. The van der Waals surface area contributed by atoms with Crippen LogP contribution in [0, 0.1) is 0 Å². The first-order chi connectivity index (χ1) is 16.1. The van der Waals surface area contributed by atoms with E-state index in [-0.39, 0.29) is 24.8 Å². The molecule has 0 amide bonds. The van der Waals surface area contributed by atoms with Crippen LogP contribution in [0.4, 0.5) is 0 Å². The summed E-state index contributed by atoms with van der Waals surface area (Å²) in [6, 6.07) is 13.0. The first-order valence-electron chi connectivity index (χ1n) is 9.98. The summed E-state index contributed by atoms with van der Waals surface area (Å²) < 4.78 is 28.6. The molecule has 10 heteroatoms. The summed E-state index contributed by atoms with van der Waals surface area (Å²) in [5.41, 5.74) is 2.21. The number of hydrogen-bond acceptors (Lipinski definition) is 9. The molecule has 0 aliphatic carbocycles. The average Bonchev–Trinajstić information content (AvgIpc) is 3.52. The average molecular weight is 450 g/mol. The summed E-state index contributed by atoms with van der Waals surface area (Å²) in [6.45, 7) is -0.150. The van der Waals surface area contributed by atoms with Crippen LogP contribution in [0.15, 0.2) is 59.3 Å². The van der Waals surface area contributed by atoms with E-state index in [4.69, 9.17) is 23.4 Å². The molecule has 0 aliphatic heterocycles. The molecule has 2 aromatic heterocycles. The van der Waals surface area contributed by atoms with Crippen molar-refractivity contribution in [1.29, 1.82) is 0 Å². The highest BCUT2D eigenvalue weighted by atomic mass is 16.5. The minimum absolute atomic E-state index is 0.0701. The van der Waals surface area contributed by atoms with Crippen LogP contribution in [-0.4, -0.2) is 47.3 Å². The van der Waals surface area contributed by atoms with Crippen molar-refractivity contribution in [3.05, 3.63) is 66.3 Å². The smallest absolute Gasteiger partial charge is 0.310 e. The maximum Gasteiger partial charge on any atom is 0.310 e. The van der Waals surface area contributed by atoms with Crippen molar-refractivity contribution in [1.82, 2.24) is 20.0 Å². The Labute approximate surface area is 189 Å². The lowest BCUT2D eigenvalue weighted by atomic mass is 10.2. The SMILES string of the molecule is COc1cc(-c2nnc(COC(=O)Cc3cnn(-c4ccccc4)c3)o2)cc(OC)c1OC. The summed E-state index contributed by atoms with van der Waals surface area (Å²) in [6.07, 6.45) is 3.48. The molecule has 2 heterocycles. The van der Waals surface area contributed by atoms with E-state index in [1.807, 2.05) is 30.3 Å². The zero-order valence-corrected chi connectivity index (χ0v) is 18.3. The summed E-state index contributed by atoms with van der Waals surface area (Å²) >= 11 is 0. The number of ether oxygens (including phenoxy) is 4. The molecule has 4 rings (SSSR count). The zero-order chi connectivity index (χ0) is 23.2. The van der Waals surface area contributed by atoms with Gasteiger partial charge in [0.05, 0.1) is 39.6 Å². The van der Waals surface area contributed by atoms with Crippen LogP contribution in [0.3, 0.4) is 0 Å². The Kier molecular flexibility index (Phi) is 6.53. The van der Waals surface area contributed by atoms with Crippen LogP contribution in [0.5, 0.6) is 17.2 Å². The van der Waals surface area contributed by atoms with Gasteiger partial charge >= 0.3 is 5.97 Å². The number of rotatable bonds is 9. The normalized spacial score (nSPS) is 10.6. The first-order valence-corrected chi connectivity index (χ1v) is 9.98. The van der Waals surface area contributed by atoms with Gasteiger partial charge in [-0.05, 0) is 24.3 Å². The lowest BCUT2D eigenvalue weighted by Gasteiger charge is -2.12. The highest BCUT2D eigenvalue weighted by molar-refractivity contribution is 5.72. The van der Waals surface area contributed by atoms with Gasteiger partial charge in [-0.2, -0.15) is 5.10 Å². The first kappa shape index (κ1) is 21.9. The third-order valence-corrected chi connectivity index (χ3v) is 4.74. The summed E-state index contributed by atoms with van der Waals surface area (Å²) in [5, 5.41) is 12.2. The van der Waals surface area contributed by atoms with Crippen molar-refractivity contribution in [3.63, 3.8) is 0 Å². The zero-order valence-electron chi connectivity index (χ0n) is 18.3. The van der Waals surface area contributed by atoms with Gasteiger partial charge in [-0.1, -0.05) is 18.2 Å². The number of aromatic nitrogens is 4. The van der Waals surface area contributed by atoms with Crippen molar-refractivity contribution in [2.75, 3.05) is 21.3 Å². The van der Waals surface area contributed by atoms with Gasteiger partial charge in [0.1, 0.15) is 0 Å². The van der Waals surface area contributed by atoms with Gasteiger partial charge in [-0.3, -0.25) is 4.79 Å². The van der Waals surface area contributed by atoms with E-state index >= 15 is 0 Å². The Hall–Kier alpha value is -4.34. The Morgan fingerprint density at radius 1 is 1.00 bits per heavy atom. The van der Waals surface area contributed by atoms with Crippen LogP contribution >= 0.6 is 0 Å². The van der Waals surface area contributed by atoms with Gasteiger partial charge in [-0.15, -0.1) is 10.2 Å². The number of para-hydroxylation sites is 1.